The van der Waals surface area contributed by atoms with Gasteiger partial charge in [0.2, 0.25) is 0 Å². The summed E-state index contributed by atoms with van der Waals surface area (Å²) in [6, 6.07) is 3.33. The zero-order valence-corrected chi connectivity index (χ0v) is 11.9. The molecule has 6 heteroatoms. The molecule has 0 saturated carbocycles. The molecule has 0 fully saturated rings. The molecule has 0 saturated heterocycles. The van der Waals surface area contributed by atoms with E-state index in [4.69, 9.17) is 0 Å². The van der Waals surface area contributed by atoms with Crippen molar-refractivity contribution in [1.29, 1.82) is 0 Å². The first-order valence-corrected chi connectivity index (χ1v) is 6.27. The Hall–Kier alpha value is -0.110. The van der Waals surface area contributed by atoms with Gasteiger partial charge in [-0.15, -0.1) is 0 Å². The Morgan fingerprint density at radius 1 is 1.38 bits per heavy atom. The molecule has 0 spiro atoms. The lowest BCUT2D eigenvalue weighted by Crippen LogP contribution is -2.13. The highest BCUT2D eigenvalue weighted by Crippen LogP contribution is 2.31. The molecule has 0 aliphatic carbocycles. The van der Waals surface area contributed by atoms with Crippen LogP contribution in [0.3, 0.4) is 0 Å². The van der Waals surface area contributed by atoms with Crippen LogP contribution in [0.5, 0.6) is 0 Å². The SMILES string of the molecule is CC(Br)C(=O)c1cc(I)cc(C(F)(F)F)c1. The van der Waals surface area contributed by atoms with Crippen LogP contribution in [-0.2, 0) is 6.18 Å². The third-order valence-electron chi connectivity index (χ3n) is 1.87. The molecule has 1 aromatic carbocycles. The minimum atomic E-state index is -4.42. The Labute approximate surface area is 113 Å². The summed E-state index contributed by atoms with van der Waals surface area (Å²) in [5.74, 6) is -0.357. The van der Waals surface area contributed by atoms with Gasteiger partial charge in [0.15, 0.2) is 5.78 Å². The van der Waals surface area contributed by atoms with Crippen molar-refractivity contribution in [2.45, 2.75) is 17.9 Å². The molecule has 0 aromatic heterocycles. The number of ketones is 1. The van der Waals surface area contributed by atoms with Crippen LogP contribution in [0.25, 0.3) is 0 Å². The Morgan fingerprint density at radius 2 is 1.94 bits per heavy atom. The first-order valence-electron chi connectivity index (χ1n) is 4.28. The van der Waals surface area contributed by atoms with Crippen molar-refractivity contribution in [3.63, 3.8) is 0 Å². The van der Waals surface area contributed by atoms with Gasteiger partial charge < -0.3 is 0 Å². The normalized spacial score (nSPS) is 13.6. The number of hydrogen-bond donors (Lipinski definition) is 0. The average Bonchev–Trinajstić information content (AvgIpc) is 2.14. The molecule has 0 amide bonds. The van der Waals surface area contributed by atoms with Crippen LogP contribution < -0.4 is 0 Å². The summed E-state index contributed by atoms with van der Waals surface area (Å²) in [6.45, 7) is 1.58. The number of carbonyl (C=O) groups excluding carboxylic acids is 1. The van der Waals surface area contributed by atoms with E-state index in [0.717, 1.165) is 12.1 Å². The van der Waals surface area contributed by atoms with Crippen molar-refractivity contribution in [3.8, 4) is 0 Å². The molecular weight excluding hydrogens is 400 g/mol. The van der Waals surface area contributed by atoms with Crippen molar-refractivity contribution in [2.75, 3.05) is 0 Å². The van der Waals surface area contributed by atoms with Crippen LogP contribution in [0.15, 0.2) is 18.2 Å². The van der Waals surface area contributed by atoms with Gasteiger partial charge in [-0.05, 0) is 47.7 Å². The standard InChI is InChI=1S/C10H7BrF3IO/c1-5(11)9(16)6-2-7(10(12,13)14)4-8(15)3-6/h2-5H,1H3. The van der Waals surface area contributed by atoms with E-state index in [2.05, 4.69) is 15.9 Å². The second kappa shape index (κ2) is 5.03. The molecule has 1 aromatic rings. The van der Waals surface area contributed by atoms with Crippen molar-refractivity contribution in [2.24, 2.45) is 0 Å². The third-order valence-corrected chi connectivity index (χ3v) is 2.91. The van der Waals surface area contributed by atoms with E-state index < -0.39 is 16.6 Å². The maximum Gasteiger partial charge on any atom is 0.416 e. The van der Waals surface area contributed by atoms with E-state index in [1.807, 2.05) is 0 Å². The molecular formula is C10H7BrF3IO. The zero-order valence-electron chi connectivity index (χ0n) is 8.11. The first-order chi connectivity index (χ1) is 7.21. The van der Waals surface area contributed by atoms with E-state index in [0.29, 0.717) is 3.57 Å². The van der Waals surface area contributed by atoms with E-state index in [9.17, 15) is 18.0 Å². The lowest BCUT2D eigenvalue weighted by molar-refractivity contribution is -0.137. The van der Waals surface area contributed by atoms with Gasteiger partial charge >= 0.3 is 6.18 Å². The van der Waals surface area contributed by atoms with Gasteiger partial charge in [-0.2, -0.15) is 13.2 Å². The first kappa shape index (κ1) is 14.0. The summed E-state index contributed by atoms with van der Waals surface area (Å²) in [5, 5.41) is 0. The van der Waals surface area contributed by atoms with E-state index in [1.54, 1.807) is 29.5 Å². The quantitative estimate of drug-likeness (QED) is 0.407. The number of Topliss-reactive ketones (excluding diaryl/α,β-unsaturated/α-hetero) is 1. The van der Waals surface area contributed by atoms with Gasteiger partial charge in [0, 0.05) is 9.13 Å². The van der Waals surface area contributed by atoms with Crippen LogP contribution in [0.2, 0.25) is 0 Å². The maximum atomic E-state index is 12.5. The third kappa shape index (κ3) is 3.44. The molecule has 0 bridgehead atoms. The topological polar surface area (TPSA) is 17.1 Å². The van der Waals surface area contributed by atoms with Crippen molar-refractivity contribution in [1.82, 2.24) is 0 Å². The minimum Gasteiger partial charge on any atom is -0.293 e. The Kier molecular flexibility index (Phi) is 4.39. The molecule has 0 aliphatic heterocycles. The summed E-state index contributed by atoms with van der Waals surface area (Å²) in [4.78, 5) is 11.1. The number of hydrogen-bond acceptors (Lipinski definition) is 1. The fourth-order valence-corrected chi connectivity index (χ4v) is 2.06. The zero-order chi connectivity index (χ0) is 12.5. The number of carbonyl (C=O) groups is 1. The number of benzene rings is 1. The molecule has 1 rings (SSSR count). The monoisotopic (exact) mass is 406 g/mol. The molecule has 1 unspecified atom stereocenters. The lowest BCUT2D eigenvalue weighted by Gasteiger charge is -2.10. The van der Waals surface area contributed by atoms with Crippen molar-refractivity contribution >= 4 is 44.3 Å². The van der Waals surface area contributed by atoms with Crippen LogP contribution in [0.1, 0.15) is 22.8 Å². The van der Waals surface area contributed by atoms with Gasteiger partial charge in [-0.1, -0.05) is 15.9 Å². The number of rotatable bonds is 2. The number of alkyl halides is 4. The molecule has 1 nitrogen and oxygen atoms in total. The highest BCUT2D eigenvalue weighted by molar-refractivity contribution is 14.1. The van der Waals surface area contributed by atoms with E-state index in [1.165, 1.54) is 6.07 Å². The van der Waals surface area contributed by atoms with Crippen LogP contribution in [0, 0.1) is 3.57 Å². The highest BCUT2D eigenvalue weighted by atomic mass is 127. The second-order valence-electron chi connectivity index (χ2n) is 3.21. The van der Waals surface area contributed by atoms with Gasteiger partial charge in [0.1, 0.15) is 0 Å². The minimum absolute atomic E-state index is 0.0728. The van der Waals surface area contributed by atoms with Crippen LogP contribution in [-0.4, -0.2) is 10.6 Å². The van der Waals surface area contributed by atoms with Gasteiger partial charge in [-0.3, -0.25) is 4.79 Å². The average molecular weight is 407 g/mol. The molecule has 0 radical (unpaired) electrons. The lowest BCUT2D eigenvalue weighted by atomic mass is 10.1. The molecule has 0 aliphatic rings. The van der Waals surface area contributed by atoms with Gasteiger partial charge in [0.05, 0.1) is 10.4 Å². The summed E-state index contributed by atoms with van der Waals surface area (Å²) < 4.78 is 37.9. The second-order valence-corrected chi connectivity index (χ2v) is 5.83. The van der Waals surface area contributed by atoms with Gasteiger partial charge in [0.25, 0.3) is 0 Å². The number of halogens is 5. The molecule has 88 valence electrons. The molecule has 1 atom stereocenters. The summed E-state index contributed by atoms with van der Waals surface area (Å²) in [7, 11) is 0. The summed E-state index contributed by atoms with van der Waals surface area (Å²) in [5.41, 5.74) is -0.723. The Balaban J connectivity index is 3.24. The van der Waals surface area contributed by atoms with Crippen LogP contribution in [0.4, 0.5) is 13.2 Å². The van der Waals surface area contributed by atoms with Crippen molar-refractivity contribution < 1.29 is 18.0 Å². The fraction of sp³-hybridized carbons (Fsp3) is 0.300. The van der Waals surface area contributed by atoms with Crippen molar-refractivity contribution in [3.05, 3.63) is 32.9 Å². The van der Waals surface area contributed by atoms with Gasteiger partial charge in [-0.25, -0.2) is 0 Å². The highest BCUT2D eigenvalue weighted by Gasteiger charge is 2.31. The summed E-state index contributed by atoms with van der Waals surface area (Å²) in [6.07, 6.45) is -4.42. The Bertz CT molecular complexity index is 415. The predicted molar refractivity (Wildman–Crippen MR) is 66.9 cm³/mol. The predicted octanol–water partition coefficient (Wildman–Crippen LogP) is 4.28. The summed E-state index contributed by atoms with van der Waals surface area (Å²) >= 11 is 4.80. The molecule has 0 N–H and O–H groups in total. The largest absolute Gasteiger partial charge is 0.416 e. The maximum absolute atomic E-state index is 12.5. The Morgan fingerprint density at radius 3 is 2.38 bits per heavy atom. The van der Waals surface area contributed by atoms with E-state index in [-0.39, 0.29) is 11.3 Å². The molecule has 16 heavy (non-hydrogen) atoms. The van der Waals surface area contributed by atoms with Crippen LogP contribution >= 0.6 is 38.5 Å². The smallest absolute Gasteiger partial charge is 0.293 e. The van der Waals surface area contributed by atoms with E-state index >= 15 is 0 Å². The fourth-order valence-electron chi connectivity index (χ4n) is 1.13. The molecule has 0 heterocycles.